The van der Waals surface area contributed by atoms with Crippen molar-refractivity contribution in [1.82, 2.24) is 4.90 Å². The molecule has 0 bridgehead atoms. The Kier molecular flexibility index (Phi) is 3.66. The molecule has 2 heterocycles. The molecule has 0 saturated carbocycles. The smallest absolute Gasteiger partial charge is 0.308 e. The van der Waals surface area contributed by atoms with E-state index in [-0.39, 0.29) is 18.1 Å². The molecule has 2 fully saturated rings. The fourth-order valence-electron chi connectivity index (χ4n) is 2.57. The molecule has 0 aromatic heterocycles. The van der Waals surface area contributed by atoms with Crippen LogP contribution in [0.5, 0.6) is 0 Å². The SMILES string of the molecule is CC1CCC(C(=O)O)CN1C(=O)[C@H]1CCCO1. The van der Waals surface area contributed by atoms with Gasteiger partial charge in [-0.15, -0.1) is 0 Å². The van der Waals surface area contributed by atoms with E-state index in [2.05, 4.69) is 0 Å². The molecule has 3 atom stereocenters. The van der Waals surface area contributed by atoms with Crippen LogP contribution in [0.4, 0.5) is 0 Å². The van der Waals surface area contributed by atoms with Crippen molar-refractivity contribution in [3.05, 3.63) is 0 Å². The quantitative estimate of drug-likeness (QED) is 0.779. The summed E-state index contributed by atoms with van der Waals surface area (Å²) in [5, 5.41) is 9.02. The molecular weight excluding hydrogens is 222 g/mol. The molecule has 0 aliphatic carbocycles. The lowest BCUT2D eigenvalue weighted by Gasteiger charge is -2.37. The van der Waals surface area contributed by atoms with Crippen LogP contribution in [0.15, 0.2) is 0 Å². The topological polar surface area (TPSA) is 66.8 Å². The molecule has 2 rings (SSSR count). The number of ether oxygens (including phenoxy) is 1. The van der Waals surface area contributed by atoms with Gasteiger partial charge in [0.2, 0.25) is 0 Å². The van der Waals surface area contributed by atoms with Crippen molar-refractivity contribution in [2.45, 2.75) is 44.8 Å². The average molecular weight is 241 g/mol. The summed E-state index contributed by atoms with van der Waals surface area (Å²) in [7, 11) is 0. The number of amides is 1. The Morgan fingerprint density at radius 2 is 2.06 bits per heavy atom. The number of carboxylic acid groups (broad SMARTS) is 1. The highest BCUT2D eigenvalue weighted by Gasteiger charge is 2.36. The number of carboxylic acids is 1. The van der Waals surface area contributed by atoms with Gasteiger partial charge < -0.3 is 14.7 Å². The van der Waals surface area contributed by atoms with Gasteiger partial charge >= 0.3 is 5.97 Å². The third-order valence-corrected chi connectivity index (χ3v) is 3.72. The normalized spacial score (nSPS) is 33.7. The minimum atomic E-state index is -0.804. The molecule has 2 unspecified atom stereocenters. The number of likely N-dealkylation sites (tertiary alicyclic amines) is 1. The summed E-state index contributed by atoms with van der Waals surface area (Å²) >= 11 is 0. The Morgan fingerprint density at radius 3 is 2.65 bits per heavy atom. The van der Waals surface area contributed by atoms with Gasteiger partial charge in [0.15, 0.2) is 0 Å². The van der Waals surface area contributed by atoms with Crippen molar-refractivity contribution in [2.75, 3.05) is 13.2 Å². The lowest BCUT2D eigenvalue weighted by atomic mass is 9.93. The van der Waals surface area contributed by atoms with Gasteiger partial charge in [-0.3, -0.25) is 9.59 Å². The summed E-state index contributed by atoms with van der Waals surface area (Å²) in [5.74, 6) is -1.25. The molecule has 1 amide bonds. The van der Waals surface area contributed by atoms with Crippen LogP contribution in [0.1, 0.15) is 32.6 Å². The number of aliphatic carboxylic acids is 1. The third kappa shape index (κ3) is 2.60. The highest BCUT2D eigenvalue weighted by atomic mass is 16.5. The minimum Gasteiger partial charge on any atom is -0.481 e. The summed E-state index contributed by atoms with van der Waals surface area (Å²) in [5.41, 5.74) is 0. The summed E-state index contributed by atoms with van der Waals surface area (Å²) in [4.78, 5) is 24.9. The zero-order chi connectivity index (χ0) is 12.4. The monoisotopic (exact) mass is 241 g/mol. The minimum absolute atomic E-state index is 0.0269. The molecule has 5 heteroatoms. The molecular formula is C12H19NO4. The van der Waals surface area contributed by atoms with Gasteiger partial charge in [0.1, 0.15) is 6.10 Å². The predicted octanol–water partition coefficient (Wildman–Crippen LogP) is 0.877. The number of hydrogen-bond donors (Lipinski definition) is 1. The Morgan fingerprint density at radius 1 is 1.29 bits per heavy atom. The van der Waals surface area contributed by atoms with Crippen LogP contribution in [0, 0.1) is 5.92 Å². The van der Waals surface area contributed by atoms with Gasteiger partial charge in [0, 0.05) is 19.2 Å². The largest absolute Gasteiger partial charge is 0.481 e. The number of piperidine rings is 1. The first-order valence-corrected chi connectivity index (χ1v) is 6.24. The van der Waals surface area contributed by atoms with Crippen LogP contribution in [-0.2, 0) is 14.3 Å². The molecule has 2 aliphatic rings. The summed E-state index contributed by atoms with van der Waals surface area (Å²) in [6.45, 7) is 2.95. The fourth-order valence-corrected chi connectivity index (χ4v) is 2.57. The summed E-state index contributed by atoms with van der Waals surface area (Å²) in [6, 6.07) is 0.127. The second kappa shape index (κ2) is 5.04. The van der Waals surface area contributed by atoms with Gasteiger partial charge in [0.25, 0.3) is 5.91 Å². The van der Waals surface area contributed by atoms with E-state index in [4.69, 9.17) is 9.84 Å². The zero-order valence-corrected chi connectivity index (χ0v) is 10.1. The Hall–Kier alpha value is -1.10. The molecule has 2 saturated heterocycles. The van der Waals surface area contributed by atoms with Gasteiger partial charge in [0.05, 0.1) is 5.92 Å². The molecule has 96 valence electrons. The van der Waals surface area contributed by atoms with Crippen molar-refractivity contribution < 1.29 is 19.4 Å². The number of carbonyl (C=O) groups is 2. The molecule has 2 aliphatic heterocycles. The number of carbonyl (C=O) groups excluding carboxylic acids is 1. The molecule has 0 aromatic carbocycles. The molecule has 0 spiro atoms. The second-order valence-electron chi connectivity index (χ2n) is 4.95. The van der Waals surface area contributed by atoms with E-state index in [0.29, 0.717) is 19.6 Å². The fraction of sp³-hybridized carbons (Fsp3) is 0.833. The maximum absolute atomic E-state index is 12.2. The van der Waals surface area contributed by atoms with Crippen LogP contribution in [0.3, 0.4) is 0 Å². The van der Waals surface area contributed by atoms with E-state index in [1.54, 1.807) is 4.90 Å². The highest BCUT2D eigenvalue weighted by molar-refractivity contribution is 5.82. The van der Waals surface area contributed by atoms with Crippen molar-refractivity contribution in [1.29, 1.82) is 0 Å². The first-order valence-electron chi connectivity index (χ1n) is 6.24. The van der Waals surface area contributed by atoms with Gasteiger partial charge in [-0.2, -0.15) is 0 Å². The number of rotatable bonds is 2. The standard InChI is InChI=1S/C12H19NO4/c1-8-4-5-9(12(15)16)7-13(8)11(14)10-3-2-6-17-10/h8-10H,2-7H2,1H3,(H,15,16)/t8?,9?,10-/m1/s1. The van der Waals surface area contributed by atoms with Crippen LogP contribution >= 0.6 is 0 Å². The van der Waals surface area contributed by atoms with E-state index < -0.39 is 11.9 Å². The van der Waals surface area contributed by atoms with Crippen molar-refractivity contribution in [3.63, 3.8) is 0 Å². The van der Waals surface area contributed by atoms with Gasteiger partial charge in [-0.05, 0) is 32.6 Å². The molecule has 5 nitrogen and oxygen atoms in total. The average Bonchev–Trinajstić information content (AvgIpc) is 2.81. The maximum atomic E-state index is 12.2. The van der Waals surface area contributed by atoms with Crippen LogP contribution in [0.2, 0.25) is 0 Å². The van der Waals surface area contributed by atoms with Crippen molar-refractivity contribution >= 4 is 11.9 Å². The number of nitrogens with zero attached hydrogens (tertiary/aromatic N) is 1. The first kappa shape index (κ1) is 12.4. The molecule has 17 heavy (non-hydrogen) atoms. The van der Waals surface area contributed by atoms with E-state index >= 15 is 0 Å². The lowest BCUT2D eigenvalue weighted by Crippen LogP contribution is -2.50. The summed E-state index contributed by atoms with van der Waals surface area (Å²) in [6.07, 6.45) is 2.76. The van der Waals surface area contributed by atoms with E-state index in [1.165, 1.54) is 0 Å². The molecule has 0 radical (unpaired) electrons. The third-order valence-electron chi connectivity index (χ3n) is 3.72. The van der Waals surface area contributed by atoms with E-state index in [1.807, 2.05) is 6.92 Å². The summed E-state index contributed by atoms with van der Waals surface area (Å²) < 4.78 is 5.37. The van der Waals surface area contributed by atoms with E-state index in [0.717, 1.165) is 19.3 Å². The predicted molar refractivity (Wildman–Crippen MR) is 60.5 cm³/mol. The van der Waals surface area contributed by atoms with Crippen LogP contribution in [0.25, 0.3) is 0 Å². The van der Waals surface area contributed by atoms with E-state index in [9.17, 15) is 9.59 Å². The second-order valence-corrected chi connectivity index (χ2v) is 4.95. The number of hydrogen-bond acceptors (Lipinski definition) is 3. The van der Waals surface area contributed by atoms with Crippen LogP contribution < -0.4 is 0 Å². The maximum Gasteiger partial charge on any atom is 0.308 e. The molecule has 1 N–H and O–H groups in total. The Labute approximate surface area is 101 Å². The highest BCUT2D eigenvalue weighted by Crippen LogP contribution is 2.25. The zero-order valence-electron chi connectivity index (χ0n) is 10.1. The Balaban J connectivity index is 2.01. The van der Waals surface area contributed by atoms with Crippen molar-refractivity contribution in [3.8, 4) is 0 Å². The molecule has 0 aromatic rings. The van der Waals surface area contributed by atoms with Gasteiger partial charge in [-0.1, -0.05) is 0 Å². The lowest BCUT2D eigenvalue weighted by molar-refractivity contribution is -0.151. The Bertz CT molecular complexity index is 312. The van der Waals surface area contributed by atoms with Crippen molar-refractivity contribution in [2.24, 2.45) is 5.92 Å². The van der Waals surface area contributed by atoms with Crippen LogP contribution in [-0.4, -0.2) is 47.2 Å². The van der Waals surface area contributed by atoms with Gasteiger partial charge in [-0.25, -0.2) is 0 Å². The first-order chi connectivity index (χ1) is 8.09.